The summed E-state index contributed by atoms with van der Waals surface area (Å²) in [6, 6.07) is 7.34. The van der Waals surface area contributed by atoms with Crippen LogP contribution in [0.15, 0.2) is 24.3 Å². The van der Waals surface area contributed by atoms with Crippen molar-refractivity contribution in [2.45, 2.75) is 25.3 Å². The van der Waals surface area contributed by atoms with E-state index in [1.807, 2.05) is 31.2 Å². The van der Waals surface area contributed by atoms with Gasteiger partial charge in [0.2, 0.25) is 11.8 Å². The summed E-state index contributed by atoms with van der Waals surface area (Å²) in [5, 5.41) is 5.58. The predicted molar refractivity (Wildman–Crippen MR) is 71.0 cm³/mol. The number of benzene rings is 1. The number of carbonyl (C=O) groups is 2. The molecule has 1 saturated heterocycles. The lowest BCUT2D eigenvalue weighted by Gasteiger charge is -2.16. The topological polar surface area (TPSA) is 67.4 Å². The third-order valence-electron chi connectivity index (χ3n) is 3.31. The Balaban J connectivity index is 1.99. The first-order valence-electron chi connectivity index (χ1n) is 6.31. The van der Waals surface area contributed by atoms with Gasteiger partial charge in [-0.25, -0.2) is 0 Å². The number of methoxy groups -OCH3 is 1. The summed E-state index contributed by atoms with van der Waals surface area (Å²) >= 11 is 0. The van der Waals surface area contributed by atoms with Crippen molar-refractivity contribution < 1.29 is 14.3 Å². The number of amides is 2. The molecule has 0 saturated carbocycles. The van der Waals surface area contributed by atoms with Gasteiger partial charge in [-0.2, -0.15) is 0 Å². The SMILES string of the molecule is COc1cccc(C(C)C(=O)NC2CNC(=O)C2)c1. The molecule has 1 aromatic rings. The average molecular weight is 262 g/mol. The lowest BCUT2D eigenvalue weighted by Crippen LogP contribution is -2.38. The average Bonchev–Trinajstić information content (AvgIpc) is 2.83. The molecule has 2 unspecified atom stereocenters. The molecule has 0 radical (unpaired) electrons. The monoisotopic (exact) mass is 262 g/mol. The van der Waals surface area contributed by atoms with Gasteiger partial charge >= 0.3 is 0 Å². The molecule has 1 aliphatic heterocycles. The fourth-order valence-corrected chi connectivity index (χ4v) is 2.10. The molecule has 2 N–H and O–H groups in total. The molecule has 0 aliphatic carbocycles. The maximum Gasteiger partial charge on any atom is 0.227 e. The normalized spacial score (nSPS) is 19.7. The zero-order valence-corrected chi connectivity index (χ0v) is 11.1. The van der Waals surface area contributed by atoms with Gasteiger partial charge in [-0.3, -0.25) is 9.59 Å². The van der Waals surface area contributed by atoms with Gasteiger partial charge in [0.05, 0.1) is 19.1 Å². The summed E-state index contributed by atoms with van der Waals surface area (Å²) in [6.07, 6.45) is 0.358. The highest BCUT2D eigenvalue weighted by Crippen LogP contribution is 2.21. The van der Waals surface area contributed by atoms with Crippen LogP contribution in [0, 0.1) is 0 Å². The summed E-state index contributed by atoms with van der Waals surface area (Å²) in [7, 11) is 1.60. The fourth-order valence-electron chi connectivity index (χ4n) is 2.10. The Kier molecular flexibility index (Phi) is 4.04. The van der Waals surface area contributed by atoms with Crippen molar-refractivity contribution in [3.8, 4) is 5.75 Å². The van der Waals surface area contributed by atoms with Crippen molar-refractivity contribution >= 4 is 11.8 Å². The van der Waals surface area contributed by atoms with Crippen molar-refractivity contribution in [2.24, 2.45) is 0 Å². The highest BCUT2D eigenvalue weighted by atomic mass is 16.5. The van der Waals surface area contributed by atoms with Gasteiger partial charge in [-0.05, 0) is 24.6 Å². The lowest BCUT2D eigenvalue weighted by molar-refractivity contribution is -0.122. The molecule has 0 spiro atoms. The largest absolute Gasteiger partial charge is 0.497 e. The second kappa shape index (κ2) is 5.73. The second-order valence-corrected chi connectivity index (χ2v) is 4.71. The number of hydrogen-bond acceptors (Lipinski definition) is 3. The van der Waals surface area contributed by atoms with Crippen LogP contribution in [0.2, 0.25) is 0 Å². The van der Waals surface area contributed by atoms with E-state index in [0.29, 0.717) is 13.0 Å². The van der Waals surface area contributed by atoms with Crippen LogP contribution in [-0.2, 0) is 9.59 Å². The number of rotatable bonds is 4. The van der Waals surface area contributed by atoms with Crippen LogP contribution in [0.5, 0.6) is 5.75 Å². The molecule has 1 aromatic carbocycles. The molecule has 5 nitrogen and oxygen atoms in total. The third-order valence-corrected chi connectivity index (χ3v) is 3.31. The Morgan fingerprint density at radius 1 is 1.53 bits per heavy atom. The highest BCUT2D eigenvalue weighted by molar-refractivity contribution is 5.85. The molecule has 0 aromatic heterocycles. The second-order valence-electron chi connectivity index (χ2n) is 4.71. The minimum absolute atomic E-state index is 0.0145. The Morgan fingerprint density at radius 3 is 2.95 bits per heavy atom. The molecule has 2 atom stereocenters. The Morgan fingerprint density at radius 2 is 2.32 bits per heavy atom. The van der Waals surface area contributed by atoms with Gasteiger partial charge in [-0.1, -0.05) is 12.1 Å². The van der Waals surface area contributed by atoms with Crippen LogP contribution in [0.3, 0.4) is 0 Å². The minimum atomic E-state index is -0.272. The molecular weight excluding hydrogens is 244 g/mol. The van der Waals surface area contributed by atoms with Gasteiger partial charge in [-0.15, -0.1) is 0 Å². The van der Waals surface area contributed by atoms with Crippen molar-refractivity contribution in [3.63, 3.8) is 0 Å². The summed E-state index contributed by atoms with van der Waals surface area (Å²) in [5.74, 6) is 0.370. The van der Waals surface area contributed by atoms with E-state index in [1.54, 1.807) is 7.11 Å². The van der Waals surface area contributed by atoms with E-state index in [0.717, 1.165) is 11.3 Å². The minimum Gasteiger partial charge on any atom is -0.497 e. The van der Waals surface area contributed by atoms with Crippen LogP contribution >= 0.6 is 0 Å². The first kappa shape index (κ1) is 13.4. The quantitative estimate of drug-likeness (QED) is 0.843. The van der Waals surface area contributed by atoms with Gasteiger partial charge < -0.3 is 15.4 Å². The van der Waals surface area contributed by atoms with Gasteiger partial charge in [0.15, 0.2) is 0 Å². The predicted octanol–water partition coefficient (Wildman–Crippen LogP) is 0.803. The van der Waals surface area contributed by atoms with E-state index in [-0.39, 0.29) is 23.8 Å². The van der Waals surface area contributed by atoms with Crippen LogP contribution in [0.4, 0.5) is 0 Å². The molecule has 1 heterocycles. The molecule has 1 fully saturated rings. The van der Waals surface area contributed by atoms with E-state index < -0.39 is 0 Å². The number of nitrogens with one attached hydrogen (secondary N) is 2. The standard InChI is InChI=1S/C14H18N2O3/c1-9(10-4-3-5-12(6-10)19-2)14(18)16-11-7-13(17)15-8-11/h3-6,9,11H,7-8H2,1-2H3,(H,15,17)(H,16,18). The number of carbonyl (C=O) groups excluding carboxylic acids is 2. The fraction of sp³-hybridized carbons (Fsp3) is 0.429. The van der Waals surface area contributed by atoms with Crippen LogP contribution < -0.4 is 15.4 Å². The zero-order valence-electron chi connectivity index (χ0n) is 11.1. The molecular formula is C14H18N2O3. The van der Waals surface area contributed by atoms with Crippen molar-refractivity contribution in [3.05, 3.63) is 29.8 Å². The number of ether oxygens (including phenoxy) is 1. The zero-order chi connectivity index (χ0) is 13.8. The molecule has 2 rings (SSSR count). The maximum absolute atomic E-state index is 12.1. The third kappa shape index (κ3) is 3.24. The van der Waals surface area contributed by atoms with E-state index >= 15 is 0 Å². The van der Waals surface area contributed by atoms with Gasteiger partial charge in [0, 0.05) is 13.0 Å². The van der Waals surface area contributed by atoms with E-state index in [1.165, 1.54) is 0 Å². The molecule has 19 heavy (non-hydrogen) atoms. The Bertz CT molecular complexity index is 487. The van der Waals surface area contributed by atoms with Gasteiger partial charge in [0.1, 0.15) is 5.75 Å². The maximum atomic E-state index is 12.1. The van der Waals surface area contributed by atoms with Crippen LogP contribution in [-0.4, -0.2) is 31.5 Å². The molecule has 5 heteroatoms. The van der Waals surface area contributed by atoms with Crippen molar-refractivity contribution in [1.82, 2.24) is 10.6 Å². The Hall–Kier alpha value is -2.04. The summed E-state index contributed by atoms with van der Waals surface area (Å²) in [5.41, 5.74) is 0.897. The molecule has 0 bridgehead atoms. The van der Waals surface area contributed by atoms with Crippen LogP contribution in [0.25, 0.3) is 0 Å². The van der Waals surface area contributed by atoms with E-state index in [2.05, 4.69) is 10.6 Å². The highest BCUT2D eigenvalue weighted by Gasteiger charge is 2.25. The van der Waals surface area contributed by atoms with E-state index in [9.17, 15) is 9.59 Å². The summed E-state index contributed by atoms with van der Waals surface area (Å²) in [4.78, 5) is 23.2. The first-order chi connectivity index (χ1) is 9.10. The van der Waals surface area contributed by atoms with E-state index in [4.69, 9.17) is 4.74 Å². The molecule has 1 aliphatic rings. The smallest absolute Gasteiger partial charge is 0.227 e. The van der Waals surface area contributed by atoms with Crippen molar-refractivity contribution in [2.75, 3.05) is 13.7 Å². The van der Waals surface area contributed by atoms with Crippen LogP contribution in [0.1, 0.15) is 24.8 Å². The number of hydrogen-bond donors (Lipinski definition) is 2. The lowest BCUT2D eigenvalue weighted by atomic mass is 9.99. The summed E-state index contributed by atoms with van der Waals surface area (Å²) in [6.45, 7) is 2.35. The molecule has 102 valence electrons. The summed E-state index contributed by atoms with van der Waals surface area (Å²) < 4.78 is 5.15. The Labute approximate surface area is 112 Å². The van der Waals surface area contributed by atoms with Gasteiger partial charge in [0.25, 0.3) is 0 Å². The first-order valence-corrected chi connectivity index (χ1v) is 6.31. The van der Waals surface area contributed by atoms with Crippen molar-refractivity contribution in [1.29, 1.82) is 0 Å². The molecule has 2 amide bonds.